The Balaban J connectivity index is 2.11. The molecule has 15 heavy (non-hydrogen) atoms. The van der Waals surface area contributed by atoms with Gasteiger partial charge in [0.05, 0.1) is 12.3 Å². The van der Waals surface area contributed by atoms with Crippen LogP contribution in [0.3, 0.4) is 0 Å². The zero-order valence-electron chi connectivity index (χ0n) is 9.36. The standard InChI is InChI=1S/C12H20N2O/c1-10-5-2-3-7-14(10)11(9-13)12-6-4-8-15-12/h4,6,8,10-11H,2-3,5,7,9,13H2,1H3. The number of nitrogens with two attached hydrogens (primary N) is 1. The maximum Gasteiger partial charge on any atom is 0.122 e. The van der Waals surface area contributed by atoms with Crippen LogP contribution < -0.4 is 5.73 Å². The van der Waals surface area contributed by atoms with Crippen molar-refractivity contribution in [3.8, 4) is 0 Å². The van der Waals surface area contributed by atoms with E-state index in [-0.39, 0.29) is 6.04 Å². The summed E-state index contributed by atoms with van der Waals surface area (Å²) < 4.78 is 5.47. The van der Waals surface area contributed by atoms with Gasteiger partial charge in [-0.3, -0.25) is 4.90 Å². The summed E-state index contributed by atoms with van der Waals surface area (Å²) in [5.74, 6) is 1.01. The van der Waals surface area contributed by atoms with E-state index >= 15 is 0 Å². The Labute approximate surface area is 91.2 Å². The third-order valence-corrected chi connectivity index (χ3v) is 3.35. The maximum atomic E-state index is 5.86. The molecule has 0 amide bonds. The molecular formula is C12H20N2O. The Kier molecular flexibility index (Phi) is 3.44. The molecule has 0 aliphatic carbocycles. The highest BCUT2D eigenvalue weighted by Gasteiger charge is 2.27. The summed E-state index contributed by atoms with van der Waals surface area (Å²) in [5, 5.41) is 0. The van der Waals surface area contributed by atoms with Crippen LogP contribution in [-0.4, -0.2) is 24.0 Å². The predicted molar refractivity (Wildman–Crippen MR) is 60.5 cm³/mol. The molecule has 2 unspecified atom stereocenters. The molecule has 1 aliphatic heterocycles. The molecule has 2 heterocycles. The first-order chi connectivity index (χ1) is 7.33. The molecule has 0 bridgehead atoms. The molecule has 2 rings (SSSR count). The van der Waals surface area contributed by atoms with Gasteiger partial charge in [0.2, 0.25) is 0 Å². The topological polar surface area (TPSA) is 42.4 Å². The summed E-state index contributed by atoms with van der Waals surface area (Å²) in [6.07, 6.45) is 5.62. The average Bonchev–Trinajstić information content (AvgIpc) is 2.75. The van der Waals surface area contributed by atoms with E-state index < -0.39 is 0 Å². The number of nitrogens with zero attached hydrogens (tertiary/aromatic N) is 1. The Morgan fingerprint density at radius 1 is 1.60 bits per heavy atom. The van der Waals surface area contributed by atoms with Gasteiger partial charge >= 0.3 is 0 Å². The normalized spacial score (nSPS) is 25.3. The van der Waals surface area contributed by atoms with Gasteiger partial charge in [0, 0.05) is 12.6 Å². The van der Waals surface area contributed by atoms with Gasteiger partial charge in [-0.15, -0.1) is 0 Å². The summed E-state index contributed by atoms with van der Waals surface area (Å²) in [7, 11) is 0. The first kappa shape index (κ1) is 10.7. The molecule has 0 saturated carbocycles. The van der Waals surface area contributed by atoms with Crippen LogP contribution in [-0.2, 0) is 0 Å². The molecule has 1 fully saturated rings. The van der Waals surface area contributed by atoms with Crippen molar-refractivity contribution < 1.29 is 4.42 Å². The minimum atomic E-state index is 0.260. The van der Waals surface area contributed by atoms with E-state index in [1.54, 1.807) is 6.26 Å². The van der Waals surface area contributed by atoms with Crippen LogP contribution in [0.25, 0.3) is 0 Å². The van der Waals surface area contributed by atoms with Crippen LogP contribution in [0.1, 0.15) is 38.0 Å². The zero-order chi connectivity index (χ0) is 10.7. The summed E-state index contributed by atoms with van der Waals surface area (Å²) in [4.78, 5) is 2.47. The van der Waals surface area contributed by atoms with Crippen molar-refractivity contribution in [2.45, 2.75) is 38.3 Å². The number of piperidine rings is 1. The third-order valence-electron chi connectivity index (χ3n) is 3.35. The third kappa shape index (κ3) is 2.24. The van der Waals surface area contributed by atoms with Gasteiger partial charge in [0.15, 0.2) is 0 Å². The van der Waals surface area contributed by atoms with Gasteiger partial charge in [-0.1, -0.05) is 6.42 Å². The largest absolute Gasteiger partial charge is 0.468 e. The molecule has 84 valence electrons. The van der Waals surface area contributed by atoms with Crippen LogP contribution in [0.15, 0.2) is 22.8 Å². The lowest BCUT2D eigenvalue weighted by molar-refractivity contribution is 0.0960. The highest BCUT2D eigenvalue weighted by Crippen LogP contribution is 2.27. The molecule has 1 aromatic heterocycles. The summed E-state index contributed by atoms with van der Waals surface area (Å²) in [6, 6.07) is 4.85. The van der Waals surface area contributed by atoms with Crippen molar-refractivity contribution in [2.75, 3.05) is 13.1 Å². The fourth-order valence-corrected chi connectivity index (χ4v) is 2.48. The van der Waals surface area contributed by atoms with Gasteiger partial charge in [-0.2, -0.15) is 0 Å². The molecule has 1 aromatic rings. The molecule has 1 aliphatic rings. The van der Waals surface area contributed by atoms with Crippen LogP contribution in [0, 0.1) is 0 Å². The van der Waals surface area contributed by atoms with E-state index in [1.807, 2.05) is 12.1 Å². The number of hydrogen-bond acceptors (Lipinski definition) is 3. The quantitative estimate of drug-likeness (QED) is 0.827. The Morgan fingerprint density at radius 3 is 3.07 bits per heavy atom. The smallest absolute Gasteiger partial charge is 0.122 e. The van der Waals surface area contributed by atoms with Crippen molar-refractivity contribution in [2.24, 2.45) is 5.73 Å². The Hall–Kier alpha value is -0.800. The van der Waals surface area contributed by atoms with Crippen LogP contribution in [0.4, 0.5) is 0 Å². The van der Waals surface area contributed by atoms with E-state index in [0.717, 1.165) is 12.3 Å². The van der Waals surface area contributed by atoms with Gasteiger partial charge in [0.25, 0.3) is 0 Å². The number of furan rings is 1. The minimum Gasteiger partial charge on any atom is -0.468 e. The van der Waals surface area contributed by atoms with Gasteiger partial charge < -0.3 is 10.2 Å². The van der Waals surface area contributed by atoms with Crippen LogP contribution in [0.2, 0.25) is 0 Å². The van der Waals surface area contributed by atoms with Gasteiger partial charge in [0.1, 0.15) is 5.76 Å². The zero-order valence-corrected chi connectivity index (χ0v) is 9.36. The lowest BCUT2D eigenvalue weighted by Gasteiger charge is -2.38. The van der Waals surface area contributed by atoms with E-state index in [1.165, 1.54) is 19.3 Å². The monoisotopic (exact) mass is 208 g/mol. The molecule has 0 spiro atoms. The van der Waals surface area contributed by atoms with Crippen LogP contribution >= 0.6 is 0 Å². The molecule has 3 heteroatoms. The SMILES string of the molecule is CC1CCCCN1C(CN)c1ccco1. The van der Waals surface area contributed by atoms with Crippen molar-refractivity contribution >= 4 is 0 Å². The van der Waals surface area contributed by atoms with Crippen molar-refractivity contribution in [1.82, 2.24) is 4.90 Å². The summed E-state index contributed by atoms with van der Waals surface area (Å²) >= 11 is 0. The van der Waals surface area contributed by atoms with Crippen molar-refractivity contribution in [1.29, 1.82) is 0 Å². The molecular weight excluding hydrogens is 188 g/mol. The Bertz CT molecular complexity index is 284. The second kappa shape index (κ2) is 4.81. The second-order valence-corrected chi connectivity index (χ2v) is 4.35. The van der Waals surface area contributed by atoms with E-state index in [2.05, 4.69) is 11.8 Å². The lowest BCUT2D eigenvalue weighted by atomic mass is 10.00. The summed E-state index contributed by atoms with van der Waals surface area (Å²) in [6.45, 7) is 4.06. The first-order valence-electron chi connectivity index (χ1n) is 5.82. The molecule has 2 N–H and O–H groups in total. The number of rotatable bonds is 3. The number of hydrogen-bond donors (Lipinski definition) is 1. The molecule has 1 saturated heterocycles. The van der Waals surface area contributed by atoms with Crippen LogP contribution in [0.5, 0.6) is 0 Å². The average molecular weight is 208 g/mol. The molecule has 2 atom stereocenters. The molecule has 3 nitrogen and oxygen atoms in total. The van der Waals surface area contributed by atoms with Gasteiger partial charge in [-0.05, 0) is 38.4 Å². The molecule has 0 radical (unpaired) electrons. The van der Waals surface area contributed by atoms with E-state index in [4.69, 9.17) is 10.2 Å². The Morgan fingerprint density at radius 2 is 2.47 bits per heavy atom. The van der Waals surface area contributed by atoms with E-state index in [0.29, 0.717) is 12.6 Å². The highest BCUT2D eigenvalue weighted by atomic mass is 16.3. The fourth-order valence-electron chi connectivity index (χ4n) is 2.48. The maximum absolute atomic E-state index is 5.86. The highest BCUT2D eigenvalue weighted by molar-refractivity contribution is 5.06. The van der Waals surface area contributed by atoms with Gasteiger partial charge in [-0.25, -0.2) is 0 Å². The van der Waals surface area contributed by atoms with Crippen molar-refractivity contribution in [3.63, 3.8) is 0 Å². The van der Waals surface area contributed by atoms with Crippen molar-refractivity contribution in [3.05, 3.63) is 24.2 Å². The fraction of sp³-hybridized carbons (Fsp3) is 0.667. The number of likely N-dealkylation sites (tertiary alicyclic amines) is 1. The lowest BCUT2D eigenvalue weighted by Crippen LogP contribution is -2.42. The predicted octanol–water partition coefficient (Wildman–Crippen LogP) is 2.15. The second-order valence-electron chi connectivity index (χ2n) is 4.35. The minimum absolute atomic E-state index is 0.260. The molecule has 0 aromatic carbocycles. The summed E-state index contributed by atoms with van der Waals surface area (Å²) in [5.41, 5.74) is 5.86. The first-order valence-corrected chi connectivity index (χ1v) is 5.82. The van der Waals surface area contributed by atoms with E-state index in [9.17, 15) is 0 Å².